The van der Waals surface area contributed by atoms with E-state index in [0.717, 1.165) is 0 Å². The number of nitriles is 1. The molecule has 7 heteroatoms. The number of benzene rings is 1. The third kappa shape index (κ3) is 4.07. The number of nitrogens with one attached hydrogen (secondary N) is 1. The van der Waals surface area contributed by atoms with Gasteiger partial charge in [0.2, 0.25) is 5.91 Å². The Balaban J connectivity index is 2.28. The molecule has 6 nitrogen and oxygen atoms in total. The fourth-order valence-electron chi connectivity index (χ4n) is 2.44. The summed E-state index contributed by atoms with van der Waals surface area (Å²) in [6.07, 6.45) is 0. The molecule has 0 aliphatic carbocycles. The minimum absolute atomic E-state index is 0.0194. The maximum Gasteiger partial charge on any atom is 0.262 e. The van der Waals surface area contributed by atoms with Crippen molar-refractivity contribution < 1.29 is 4.79 Å². The van der Waals surface area contributed by atoms with E-state index in [0.29, 0.717) is 16.1 Å². The van der Waals surface area contributed by atoms with Crippen LogP contribution in [0.15, 0.2) is 34.2 Å². The van der Waals surface area contributed by atoms with E-state index in [2.05, 4.69) is 16.4 Å². The highest BCUT2D eigenvalue weighted by Gasteiger charge is 2.30. The molecule has 0 radical (unpaired) electrons. The van der Waals surface area contributed by atoms with Crippen molar-refractivity contribution in [3.8, 4) is 6.07 Å². The zero-order valence-corrected chi connectivity index (χ0v) is 16.6. The van der Waals surface area contributed by atoms with Crippen LogP contribution < -0.4 is 10.9 Å². The maximum atomic E-state index is 12.8. The van der Waals surface area contributed by atoms with Gasteiger partial charge in [-0.2, -0.15) is 5.26 Å². The smallest absolute Gasteiger partial charge is 0.262 e. The Bertz CT molecular complexity index is 914. The monoisotopic (exact) mass is 372 g/mol. The molecule has 0 saturated carbocycles. The van der Waals surface area contributed by atoms with Gasteiger partial charge in [-0.3, -0.25) is 14.2 Å². The number of rotatable bonds is 6. The first-order valence-electron chi connectivity index (χ1n) is 8.56. The van der Waals surface area contributed by atoms with Gasteiger partial charge in [0, 0.05) is 6.04 Å². The van der Waals surface area contributed by atoms with Gasteiger partial charge in [-0.05, 0) is 38.8 Å². The molecule has 0 bridgehead atoms. The summed E-state index contributed by atoms with van der Waals surface area (Å²) in [4.78, 5) is 29.7. The van der Waals surface area contributed by atoms with Gasteiger partial charge in [0.25, 0.3) is 5.56 Å². The summed E-state index contributed by atoms with van der Waals surface area (Å²) in [7, 11) is 0. The van der Waals surface area contributed by atoms with Crippen LogP contribution in [0.5, 0.6) is 0 Å². The van der Waals surface area contributed by atoms with Crippen LogP contribution in [-0.2, 0) is 4.79 Å². The van der Waals surface area contributed by atoms with E-state index in [9.17, 15) is 14.9 Å². The molecule has 1 atom stereocenters. The van der Waals surface area contributed by atoms with Crippen LogP contribution in [0.2, 0.25) is 0 Å². The average Bonchev–Trinajstić information content (AvgIpc) is 2.59. The Kier molecular flexibility index (Phi) is 6.09. The molecule has 1 N–H and O–H groups in total. The largest absolute Gasteiger partial charge is 0.337 e. The first-order chi connectivity index (χ1) is 12.2. The topological polar surface area (TPSA) is 87.8 Å². The van der Waals surface area contributed by atoms with E-state index < -0.39 is 5.54 Å². The number of aromatic nitrogens is 2. The van der Waals surface area contributed by atoms with E-state index in [1.165, 1.54) is 11.8 Å². The summed E-state index contributed by atoms with van der Waals surface area (Å²) in [5.41, 5.74) is -0.425. The van der Waals surface area contributed by atoms with Crippen LogP contribution in [0.1, 0.15) is 40.7 Å². The number of fused-ring (bicyclic) bond motifs is 1. The summed E-state index contributed by atoms with van der Waals surface area (Å²) in [5.74, 6) is -0.193. The van der Waals surface area contributed by atoms with Crippen molar-refractivity contribution in [3.05, 3.63) is 34.6 Å². The Morgan fingerprint density at radius 1 is 1.35 bits per heavy atom. The summed E-state index contributed by atoms with van der Waals surface area (Å²) >= 11 is 1.21. The molecule has 0 saturated heterocycles. The lowest BCUT2D eigenvalue weighted by atomic mass is 9.90. The molecular formula is C19H24N4O2S. The Hall–Kier alpha value is -2.33. The van der Waals surface area contributed by atoms with Crippen molar-refractivity contribution in [1.82, 2.24) is 14.9 Å². The standard InChI is InChI=1S/C19H24N4O2S/c1-12(2)19(5,11-20)22-16(24)10-26-18-21-15-9-7-6-8-14(15)17(25)23(18)13(3)4/h6-9,12-13H,10H2,1-5H3,(H,22,24). The zero-order valence-electron chi connectivity index (χ0n) is 15.7. The van der Waals surface area contributed by atoms with E-state index in [4.69, 9.17) is 0 Å². The van der Waals surface area contributed by atoms with Crippen molar-refractivity contribution in [2.24, 2.45) is 5.92 Å². The van der Waals surface area contributed by atoms with Crippen molar-refractivity contribution in [3.63, 3.8) is 0 Å². The van der Waals surface area contributed by atoms with E-state index in [-0.39, 0.29) is 29.2 Å². The Morgan fingerprint density at radius 3 is 2.58 bits per heavy atom. The normalized spacial score (nSPS) is 13.6. The second-order valence-electron chi connectivity index (χ2n) is 6.99. The van der Waals surface area contributed by atoms with Gasteiger partial charge in [-0.1, -0.05) is 37.7 Å². The zero-order chi connectivity index (χ0) is 19.5. The van der Waals surface area contributed by atoms with Crippen molar-refractivity contribution in [2.45, 2.75) is 51.4 Å². The van der Waals surface area contributed by atoms with Crippen molar-refractivity contribution in [2.75, 3.05) is 5.75 Å². The molecule has 1 aromatic heterocycles. The van der Waals surface area contributed by atoms with Crippen LogP contribution in [0, 0.1) is 17.2 Å². The summed E-state index contributed by atoms with van der Waals surface area (Å²) in [6, 6.07) is 9.26. The van der Waals surface area contributed by atoms with Crippen LogP contribution in [0.25, 0.3) is 10.9 Å². The van der Waals surface area contributed by atoms with Crippen molar-refractivity contribution >= 4 is 28.6 Å². The molecule has 138 valence electrons. The van der Waals surface area contributed by atoms with Gasteiger partial charge in [0.15, 0.2) is 5.16 Å². The number of hydrogen-bond donors (Lipinski definition) is 1. The first kappa shape index (κ1) is 20.0. The number of thioether (sulfide) groups is 1. The predicted molar refractivity (Wildman–Crippen MR) is 104 cm³/mol. The highest BCUT2D eigenvalue weighted by Crippen LogP contribution is 2.21. The summed E-state index contributed by atoms with van der Waals surface area (Å²) in [6.45, 7) is 9.30. The quantitative estimate of drug-likeness (QED) is 0.622. The van der Waals surface area contributed by atoms with Gasteiger partial charge in [-0.15, -0.1) is 0 Å². The number of carbonyl (C=O) groups excluding carboxylic acids is 1. The second kappa shape index (κ2) is 7.92. The average molecular weight is 372 g/mol. The molecule has 0 aliphatic heterocycles. The Morgan fingerprint density at radius 2 is 2.00 bits per heavy atom. The summed E-state index contributed by atoms with van der Waals surface area (Å²) in [5, 5.41) is 13.2. The van der Waals surface area contributed by atoms with Gasteiger partial charge < -0.3 is 5.32 Å². The third-order valence-corrected chi connectivity index (χ3v) is 5.36. The van der Waals surface area contributed by atoms with Crippen LogP contribution >= 0.6 is 11.8 Å². The maximum absolute atomic E-state index is 12.8. The fraction of sp³-hybridized carbons (Fsp3) is 0.474. The highest BCUT2D eigenvalue weighted by atomic mass is 32.2. The lowest BCUT2D eigenvalue weighted by Crippen LogP contribution is -2.49. The molecule has 2 aromatic rings. The lowest BCUT2D eigenvalue weighted by Gasteiger charge is -2.27. The van der Waals surface area contributed by atoms with Gasteiger partial charge in [-0.25, -0.2) is 4.98 Å². The van der Waals surface area contributed by atoms with E-state index in [1.807, 2.05) is 39.8 Å². The van der Waals surface area contributed by atoms with E-state index >= 15 is 0 Å². The molecule has 1 amide bonds. The number of hydrogen-bond acceptors (Lipinski definition) is 5. The first-order valence-corrected chi connectivity index (χ1v) is 9.54. The molecule has 0 fully saturated rings. The molecule has 1 heterocycles. The van der Waals surface area contributed by atoms with Gasteiger partial charge >= 0.3 is 0 Å². The Labute approximate surface area is 157 Å². The summed E-state index contributed by atoms with van der Waals surface area (Å²) < 4.78 is 1.60. The lowest BCUT2D eigenvalue weighted by molar-refractivity contribution is -0.120. The minimum atomic E-state index is -0.924. The molecule has 1 aromatic carbocycles. The van der Waals surface area contributed by atoms with Crippen molar-refractivity contribution in [1.29, 1.82) is 5.26 Å². The third-order valence-electron chi connectivity index (χ3n) is 4.41. The molecule has 0 spiro atoms. The van der Waals surface area contributed by atoms with Gasteiger partial charge in [0.05, 0.1) is 22.7 Å². The molecule has 0 aliphatic rings. The fourth-order valence-corrected chi connectivity index (χ4v) is 3.37. The number of nitrogens with zero attached hydrogens (tertiary/aromatic N) is 3. The van der Waals surface area contributed by atoms with Gasteiger partial charge in [0.1, 0.15) is 5.54 Å². The van der Waals surface area contributed by atoms with E-state index in [1.54, 1.807) is 23.6 Å². The highest BCUT2D eigenvalue weighted by molar-refractivity contribution is 7.99. The van der Waals surface area contributed by atoms with Crippen LogP contribution in [-0.4, -0.2) is 26.8 Å². The number of amides is 1. The molecule has 26 heavy (non-hydrogen) atoms. The molecule has 1 unspecified atom stereocenters. The molecular weight excluding hydrogens is 348 g/mol. The predicted octanol–water partition coefficient (Wildman–Crippen LogP) is 3.12. The minimum Gasteiger partial charge on any atom is -0.337 e. The van der Waals surface area contributed by atoms with Crippen LogP contribution in [0.4, 0.5) is 0 Å². The SMILES string of the molecule is CC(C)n1c(SCC(=O)NC(C)(C#N)C(C)C)nc2ccccc2c1=O. The molecule has 2 rings (SSSR count). The van der Waals surface area contributed by atoms with Crippen LogP contribution in [0.3, 0.4) is 0 Å². The second-order valence-corrected chi connectivity index (χ2v) is 7.93. The number of carbonyl (C=O) groups is 1. The number of para-hydroxylation sites is 1.